The number of benzene rings is 1. The Morgan fingerprint density at radius 2 is 1.93 bits per heavy atom. The SMILES string of the molecule is C=CC(=O)N(C)C(=O)N(N)CCCCN1CCN(c2ccccc2OCCF)CC1. The highest BCUT2D eigenvalue weighted by Crippen LogP contribution is 2.28. The van der Waals surface area contributed by atoms with Gasteiger partial charge in [-0.1, -0.05) is 18.7 Å². The van der Waals surface area contributed by atoms with Gasteiger partial charge in [-0.15, -0.1) is 0 Å². The van der Waals surface area contributed by atoms with E-state index in [1.54, 1.807) is 0 Å². The number of ether oxygens (including phenoxy) is 1. The first-order valence-electron chi connectivity index (χ1n) is 10.2. The minimum absolute atomic E-state index is 0.0647. The van der Waals surface area contributed by atoms with Crippen molar-refractivity contribution >= 4 is 17.6 Å². The summed E-state index contributed by atoms with van der Waals surface area (Å²) in [5.74, 6) is 6.00. The number of urea groups is 1. The summed E-state index contributed by atoms with van der Waals surface area (Å²) in [5.41, 5.74) is 1.00. The van der Waals surface area contributed by atoms with Crippen molar-refractivity contribution in [1.82, 2.24) is 14.8 Å². The highest BCUT2D eigenvalue weighted by Gasteiger charge is 2.21. The number of hydrogen-bond donors (Lipinski definition) is 1. The molecule has 1 aliphatic heterocycles. The highest BCUT2D eigenvalue weighted by molar-refractivity contribution is 5.99. The lowest BCUT2D eigenvalue weighted by atomic mass is 10.2. The monoisotopic (exact) mass is 421 g/mol. The quantitative estimate of drug-likeness (QED) is 0.204. The largest absolute Gasteiger partial charge is 0.489 e. The van der Waals surface area contributed by atoms with Crippen molar-refractivity contribution < 1.29 is 18.7 Å². The number of amides is 3. The molecule has 9 heteroatoms. The molecule has 3 amide bonds. The molecule has 0 radical (unpaired) electrons. The van der Waals surface area contributed by atoms with E-state index in [2.05, 4.69) is 16.4 Å². The summed E-state index contributed by atoms with van der Waals surface area (Å²) in [4.78, 5) is 29.1. The van der Waals surface area contributed by atoms with Crippen LogP contribution in [-0.2, 0) is 4.79 Å². The fraction of sp³-hybridized carbons (Fsp3) is 0.524. The van der Waals surface area contributed by atoms with Crippen LogP contribution in [0.5, 0.6) is 5.75 Å². The standard InChI is InChI=1S/C21H32FN5O3/c1-3-20(28)24(2)21(29)27(23)12-7-6-11-25-13-15-26(16-14-25)18-8-4-5-9-19(18)30-17-10-22/h3-5,8-9H,1,6-7,10-17,23H2,2H3. The van der Waals surface area contributed by atoms with Crippen LogP contribution in [0.15, 0.2) is 36.9 Å². The maximum atomic E-state index is 12.4. The average Bonchev–Trinajstić information content (AvgIpc) is 2.79. The van der Waals surface area contributed by atoms with Crippen molar-refractivity contribution in [3.05, 3.63) is 36.9 Å². The number of alkyl halides is 1. The lowest BCUT2D eigenvalue weighted by Gasteiger charge is -2.36. The molecule has 1 aliphatic rings. The number of imide groups is 1. The molecular formula is C21H32FN5O3. The van der Waals surface area contributed by atoms with Gasteiger partial charge < -0.3 is 9.64 Å². The van der Waals surface area contributed by atoms with Gasteiger partial charge in [-0.25, -0.2) is 15.0 Å². The van der Waals surface area contributed by atoms with Crippen LogP contribution in [0, 0.1) is 0 Å². The Kier molecular flexibility index (Phi) is 9.56. The molecule has 0 atom stereocenters. The van der Waals surface area contributed by atoms with E-state index in [0.717, 1.165) is 73.0 Å². The van der Waals surface area contributed by atoms with Crippen molar-refractivity contribution in [3.8, 4) is 5.75 Å². The molecule has 1 aromatic carbocycles. The number of carbonyl (C=O) groups is 2. The van der Waals surface area contributed by atoms with Gasteiger partial charge in [0.05, 0.1) is 5.69 Å². The Balaban J connectivity index is 1.70. The van der Waals surface area contributed by atoms with E-state index in [4.69, 9.17) is 10.6 Å². The summed E-state index contributed by atoms with van der Waals surface area (Å²) >= 11 is 0. The lowest BCUT2D eigenvalue weighted by Crippen LogP contribution is -2.48. The number of hydrogen-bond acceptors (Lipinski definition) is 6. The summed E-state index contributed by atoms with van der Waals surface area (Å²) in [7, 11) is 1.38. The molecule has 0 spiro atoms. The maximum Gasteiger partial charge on any atom is 0.340 e. The molecule has 0 saturated carbocycles. The zero-order chi connectivity index (χ0) is 21.9. The Morgan fingerprint density at radius 1 is 1.23 bits per heavy atom. The second-order valence-corrected chi connectivity index (χ2v) is 7.12. The molecule has 2 rings (SSSR count). The second kappa shape index (κ2) is 12.1. The molecule has 0 bridgehead atoms. The minimum Gasteiger partial charge on any atom is -0.489 e. The first-order valence-corrected chi connectivity index (χ1v) is 10.2. The van der Waals surface area contributed by atoms with Crippen molar-refractivity contribution in [2.45, 2.75) is 12.8 Å². The molecule has 2 N–H and O–H groups in total. The van der Waals surface area contributed by atoms with Crippen LogP contribution in [-0.4, -0.2) is 86.3 Å². The van der Waals surface area contributed by atoms with Crippen LogP contribution >= 0.6 is 0 Å². The smallest absolute Gasteiger partial charge is 0.340 e. The fourth-order valence-electron chi connectivity index (χ4n) is 3.34. The predicted molar refractivity (Wildman–Crippen MR) is 115 cm³/mol. The number of anilines is 1. The molecule has 8 nitrogen and oxygen atoms in total. The van der Waals surface area contributed by atoms with Crippen molar-refractivity contribution in [2.24, 2.45) is 5.84 Å². The zero-order valence-corrected chi connectivity index (χ0v) is 17.6. The normalized spacial score (nSPS) is 14.3. The molecular weight excluding hydrogens is 389 g/mol. The Labute approximate surface area is 177 Å². The van der Waals surface area contributed by atoms with E-state index in [-0.39, 0.29) is 6.61 Å². The molecule has 0 unspecified atom stereocenters. The number of unbranched alkanes of at least 4 members (excludes halogenated alkanes) is 1. The van der Waals surface area contributed by atoms with Crippen molar-refractivity contribution in [2.75, 3.05) is 64.5 Å². The molecule has 1 fully saturated rings. The third-order valence-electron chi connectivity index (χ3n) is 5.07. The number of halogens is 1. The van der Waals surface area contributed by atoms with Gasteiger partial charge in [-0.3, -0.25) is 19.6 Å². The Bertz CT molecular complexity index is 710. The number of hydrazine groups is 1. The van der Waals surface area contributed by atoms with Crippen LogP contribution in [0.2, 0.25) is 0 Å². The van der Waals surface area contributed by atoms with Gasteiger partial charge in [-0.2, -0.15) is 0 Å². The maximum absolute atomic E-state index is 12.4. The van der Waals surface area contributed by atoms with Crippen LogP contribution in [0.25, 0.3) is 0 Å². The van der Waals surface area contributed by atoms with Crippen LogP contribution in [0.1, 0.15) is 12.8 Å². The number of likely N-dealkylation sites (N-methyl/N-ethyl adjacent to an activating group) is 1. The number of nitrogens with zero attached hydrogens (tertiary/aromatic N) is 4. The first kappa shape index (κ1) is 23.6. The van der Waals surface area contributed by atoms with E-state index < -0.39 is 18.6 Å². The third kappa shape index (κ3) is 6.70. The van der Waals surface area contributed by atoms with Gasteiger partial charge in [0.25, 0.3) is 5.91 Å². The molecule has 1 heterocycles. The van der Waals surface area contributed by atoms with Gasteiger partial charge >= 0.3 is 6.03 Å². The summed E-state index contributed by atoms with van der Waals surface area (Å²) in [6.45, 7) is 7.78. The van der Waals surface area contributed by atoms with Gasteiger partial charge in [0.1, 0.15) is 19.0 Å². The molecule has 1 saturated heterocycles. The number of para-hydroxylation sites is 2. The number of rotatable bonds is 10. The van der Waals surface area contributed by atoms with E-state index in [9.17, 15) is 14.0 Å². The van der Waals surface area contributed by atoms with Crippen LogP contribution < -0.4 is 15.5 Å². The second-order valence-electron chi connectivity index (χ2n) is 7.12. The number of carbonyl (C=O) groups excluding carboxylic acids is 2. The Morgan fingerprint density at radius 3 is 2.60 bits per heavy atom. The summed E-state index contributed by atoms with van der Waals surface area (Å²) in [6.07, 6.45) is 2.73. The fourth-order valence-corrected chi connectivity index (χ4v) is 3.34. The van der Waals surface area contributed by atoms with Gasteiger partial charge in [-0.05, 0) is 37.6 Å². The molecule has 0 aromatic heterocycles. The summed E-state index contributed by atoms with van der Waals surface area (Å²) in [6, 6.07) is 7.19. The third-order valence-corrected chi connectivity index (χ3v) is 5.07. The predicted octanol–water partition coefficient (Wildman–Crippen LogP) is 1.88. The van der Waals surface area contributed by atoms with Crippen LogP contribution in [0.3, 0.4) is 0 Å². The van der Waals surface area contributed by atoms with E-state index in [1.165, 1.54) is 7.05 Å². The average molecular weight is 422 g/mol. The number of piperazine rings is 1. The highest BCUT2D eigenvalue weighted by atomic mass is 19.1. The summed E-state index contributed by atoms with van der Waals surface area (Å²) in [5, 5.41) is 1.06. The minimum atomic E-state index is -0.540. The van der Waals surface area contributed by atoms with Gasteiger partial charge in [0.15, 0.2) is 0 Å². The lowest BCUT2D eigenvalue weighted by molar-refractivity contribution is -0.122. The number of nitrogens with two attached hydrogens (primary N) is 1. The van der Waals surface area contributed by atoms with Gasteiger partial charge in [0, 0.05) is 39.8 Å². The van der Waals surface area contributed by atoms with Crippen molar-refractivity contribution in [3.63, 3.8) is 0 Å². The zero-order valence-electron chi connectivity index (χ0n) is 17.6. The van der Waals surface area contributed by atoms with E-state index in [1.807, 2.05) is 24.3 Å². The van der Waals surface area contributed by atoms with Crippen LogP contribution in [0.4, 0.5) is 14.9 Å². The topological polar surface area (TPSA) is 82.3 Å². The Hall–Kier alpha value is -2.65. The van der Waals surface area contributed by atoms with E-state index in [0.29, 0.717) is 6.54 Å². The molecule has 166 valence electrons. The van der Waals surface area contributed by atoms with Crippen molar-refractivity contribution in [1.29, 1.82) is 0 Å². The first-order chi connectivity index (χ1) is 14.5. The summed E-state index contributed by atoms with van der Waals surface area (Å²) < 4.78 is 18.0. The molecule has 0 aliphatic carbocycles. The molecule has 30 heavy (non-hydrogen) atoms. The molecule has 1 aromatic rings. The van der Waals surface area contributed by atoms with Gasteiger partial charge in [0.2, 0.25) is 0 Å². The van der Waals surface area contributed by atoms with E-state index >= 15 is 0 Å².